The van der Waals surface area contributed by atoms with Crippen LogP contribution >= 0.6 is 22.6 Å². The summed E-state index contributed by atoms with van der Waals surface area (Å²) in [6.07, 6.45) is 2.36. The van der Waals surface area contributed by atoms with Crippen LogP contribution in [-0.2, 0) is 0 Å². The van der Waals surface area contributed by atoms with Crippen LogP contribution in [0.3, 0.4) is 0 Å². The van der Waals surface area contributed by atoms with Crippen LogP contribution in [0.15, 0.2) is 0 Å². The molecule has 15 heavy (non-hydrogen) atoms. The molecule has 0 aliphatic heterocycles. The van der Waals surface area contributed by atoms with E-state index in [0.29, 0.717) is 6.04 Å². The van der Waals surface area contributed by atoms with E-state index in [1.807, 2.05) is 11.6 Å². The minimum absolute atomic E-state index is 0.398. The van der Waals surface area contributed by atoms with E-state index in [2.05, 4.69) is 48.5 Å². The van der Waals surface area contributed by atoms with Gasteiger partial charge in [0, 0.05) is 0 Å². The second-order valence-electron chi connectivity index (χ2n) is 4.55. The van der Waals surface area contributed by atoms with Crippen LogP contribution in [0.1, 0.15) is 45.3 Å². The van der Waals surface area contributed by atoms with Crippen molar-refractivity contribution in [1.82, 2.24) is 9.78 Å². The molecule has 0 bridgehead atoms. The first kappa shape index (κ1) is 12.8. The quantitative estimate of drug-likeness (QED) is 0.864. The molecule has 0 aliphatic carbocycles. The van der Waals surface area contributed by atoms with Crippen molar-refractivity contribution in [3.63, 3.8) is 0 Å². The summed E-state index contributed by atoms with van der Waals surface area (Å²) < 4.78 is 3.04. The van der Waals surface area contributed by atoms with Crippen molar-refractivity contribution < 1.29 is 0 Å². The highest BCUT2D eigenvalue weighted by molar-refractivity contribution is 14.1. The Hall–Kier alpha value is -0.260. The molecule has 0 spiro atoms. The van der Waals surface area contributed by atoms with E-state index >= 15 is 0 Å². The molecule has 0 radical (unpaired) electrons. The van der Waals surface area contributed by atoms with Crippen LogP contribution < -0.4 is 5.73 Å². The van der Waals surface area contributed by atoms with Crippen LogP contribution in [0, 0.1) is 16.4 Å². The number of nitrogen functional groups attached to an aromatic ring is 1. The lowest BCUT2D eigenvalue weighted by atomic mass is 10.0. The third-order valence-electron chi connectivity index (χ3n) is 2.63. The number of hydrogen-bond donors (Lipinski definition) is 1. The maximum Gasteiger partial charge on any atom is 0.135 e. The summed E-state index contributed by atoms with van der Waals surface area (Å²) in [7, 11) is 0. The monoisotopic (exact) mass is 321 g/mol. The van der Waals surface area contributed by atoms with Crippen LogP contribution in [0.2, 0.25) is 0 Å². The molecule has 86 valence electrons. The van der Waals surface area contributed by atoms with Gasteiger partial charge in [-0.2, -0.15) is 5.10 Å². The fourth-order valence-electron chi connectivity index (χ4n) is 1.58. The summed E-state index contributed by atoms with van der Waals surface area (Å²) in [5.41, 5.74) is 7.04. The maximum absolute atomic E-state index is 6.00. The van der Waals surface area contributed by atoms with Gasteiger partial charge in [0.25, 0.3) is 0 Å². The van der Waals surface area contributed by atoms with Gasteiger partial charge in [-0.15, -0.1) is 0 Å². The Labute approximate surface area is 106 Å². The Kier molecular flexibility index (Phi) is 4.43. The normalized spacial score (nSPS) is 13.5. The molecule has 0 fully saturated rings. The van der Waals surface area contributed by atoms with E-state index in [9.17, 15) is 0 Å². The average Bonchev–Trinajstić information content (AvgIpc) is 2.42. The Bertz CT molecular complexity index is 331. The first-order valence-corrected chi connectivity index (χ1v) is 6.51. The van der Waals surface area contributed by atoms with Gasteiger partial charge >= 0.3 is 0 Å². The molecule has 1 unspecified atom stereocenters. The molecule has 0 saturated carbocycles. The molecule has 0 aliphatic rings. The molecule has 1 aromatic rings. The highest BCUT2D eigenvalue weighted by atomic mass is 127. The van der Waals surface area contributed by atoms with Crippen molar-refractivity contribution >= 4 is 28.4 Å². The van der Waals surface area contributed by atoms with Gasteiger partial charge in [0.15, 0.2) is 0 Å². The Morgan fingerprint density at radius 1 is 1.33 bits per heavy atom. The van der Waals surface area contributed by atoms with Crippen molar-refractivity contribution in [2.24, 2.45) is 5.92 Å². The molecule has 1 heterocycles. The van der Waals surface area contributed by atoms with Crippen LogP contribution in [0.25, 0.3) is 0 Å². The number of aryl methyl sites for hydroxylation is 1. The summed E-state index contributed by atoms with van der Waals surface area (Å²) in [5, 5.41) is 4.47. The number of nitrogens with two attached hydrogens (primary N) is 1. The van der Waals surface area contributed by atoms with Gasteiger partial charge in [0.2, 0.25) is 0 Å². The second kappa shape index (κ2) is 5.18. The van der Waals surface area contributed by atoms with Crippen LogP contribution in [-0.4, -0.2) is 9.78 Å². The van der Waals surface area contributed by atoms with Crippen molar-refractivity contribution in [1.29, 1.82) is 0 Å². The molecule has 0 aromatic carbocycles. The lowest BCUT2D eigenvalue weighted by molar-refractivity contribution is 0.414. The average molecular weight is 321 g/mol. The third kappa shape index (κ3) is 3.09. The lowest BCUT2D eigenvalue weighted by Crippen LogP contribution is -2.11. The van der Waals surface area contributed by atoms with Crippen LogP contribution in [0.4, 0.5) is 5.82 Å². The van der Waals surface area contributed by atoms with Crippen molar-refractivity contribution in [2.45, 2.75) is 46.6 Å². The van der Waals surface area contributed by atoms with Crippen molar-refractivity contribution in [3.05, 3.63) is 9.26 Å². The lowest BCUT2D eigenvalue weighted by Gasteiger charge is -2.15. The first-order valence-electron chi connectivity index (χ1n) is 5.43. The minimum atomic E-state index is 0.398. The zero-order chi connectivity index (χ0) is 11.6. The van der Waals surface area contributed by atoms with Crippen molar-refractivity contribution in [2.75, 3.05) is 5.73 Å². The van der Waals surface area contributed by atoms with Gasteiger partial charge < -0.3 is 5.73 Å². The predicted octanol–water partition coefficient (Wildman–Crippen LogP) is 3.38. The molecular formula is C11H20IN3. The molecule has 1 aromatic heterocycles. The molecule has 1 rings (SSSR count). The van der Waals surface area contributed by atoms with Crippen LogP contribution in [0.5, 0.6) is 0 Å². The number of hydrogen-bond acceptors (Lipinski definition) is 2. The maximum atomic E-state index is 6.00. The van der Waals surface area contributed by atoms with E-state index in [-0.39, 0.29) is 0 Å². The van der Waals surface area contributed by atoms with Gasteiger partial charge in [-0.25, -0.2) is 4.68 Å². The second-order valence-corrected chi connectivity index (χ2v) is 5.63. The molecule has 3 nitrogen and oxygen atoms in total. The number of anilines is 1. The fourth-order valence-corrected chi connectivity index (χ4v) is 1.93. The Balaban J connectivity index is 2.73. The number of nitrogens with zero attached hydrogens (tertiary/aromatic N) is 2. The van der Waals surface area contributed by atoms with E-state index in [0.717, 1.165) is 27.4 Å². The van der Waals surface area contributed by atoms with E-state index in [4.69, 9.17) is 5.73 Å². The standard InChI is InChI=1S/C11H20IN3/c1-7(2)5-6-8(3)15-11(13)10(12)9(4)14-15/h7-8H,5-6,13H2,1-4H3. The largest absolute Gasteiger partial charge is 0.383 e. The number of rotatable bonds is 4. The Morgan fingerprint density at radius 3 is 2.33 bits per heavy atom. The zero-order valence-electron chi connectivity index (χ0n) is 9.92. The summed E-state index contributed by atoms with van der Waals surface area (Å²) in [4.78, 5) is 0. The van der Waals surface area contributed by atoms with Gasteiger partial charge in [-0.05, 0) is 55.2 Å². The molecule has 1 atom stereocenters. The van der Waals surface area contributed by atoms with E-state index in [1.54, 1.807) is 0 Å². The number of aromatic nitrogens is 2. The summed E-state index contributed by atoms with van der Waals surface area (Å²) in [6.45, 7) is 8.67. The number of halogens is 1. The smallest absolute Gasteiger partial charge is 0.135 e. The van der Waals surface area contributed by atoms with Crippen molar-refractivity contribution in [3.8, 4) is 0 Å². The first-order chi connectivity index (χ1) is 6.93. The van der Waals surface area contributed by atoms with Gasteiger partial charge in [0.05, 0.1) is 15.3 Å². The topological polar surface area (TPSA) is 43.8 Å². The fraction of sp³-hybridized carbons (Fsp3) is 0.727. The zero-order valence-corrected chi connectivity index (χ0v) is 12.1. The molecule has 0 saturated heterocycles. The summed E-state index contributed by atoms with van der Waals surface area (Å²) >= 11 is 2.26. The van der Waals surface area contributed by atoms with Gasteiger partial charge in [-0.1, -0.05) is 13.8 Å². The molecule has 2 N–H and O–H groups in total. The third-order valence-corrected chi connectivity index (χ3v) is 3.96. The molecular weight excluding hydrogens is 301 g/mol. The highest BCUT2D eigenvalue weighted by Gasteiger charge is 2.14. The van der Waals surface area contributed by atoms with Gasteiger partial charge in [-0.3, -0.25) is 0 Å². The van der Waals surface area contributed by atoms with Gasteiger partial charge in [0.1, 0.15) is 5.82 Å². The van der Waals surface area contributed by atoms with E-state index in [1.165, 1.54) is 6.42 Å². The highest BCUT2D eigenvalue weighted by Crippen LogP contribution is 2.25. The molecule has 4 heteroatoms. The minimum Gasteiger partial charge on any atom is -0.383 e. The summed E-state index contributed by atoms with van der Waals surface area (Å²) in [5.74, 6) is 1.55. The summed E-state index contributed by atoms with van der Waals surface area (Å²) in [6, 6.07) is 0.398. The Morgan fingerprint density at radius 2 is 1.93 bits per heavy atom. The molecule has 0 amide bonds. The van der Waals surface area contributed by atoms with E-state index < -0.39 is 0 Å². The SMILES string of the molecule is Cc1nn(C(C)CCC(C)C)c(N)c1I. The predicted molar refractivity (Wildman–Crippen MR) is 72.9 cm³/mol.